The fraction of sp³-hybridized carbons (Fsp3) is 0.105. The summed E-state index contributed by atoms with van der Waals surface area (Å²) in [6.45, 7) is 0.554. The van der Waals surface area contributed by atoms with E-state index in [4.69, 9.17) is 0 Å². The van der Waals surface area contributed by atoms with Gasteiger partial charge in [-0.3, -0.25) is 15.1 Å². The van der Waals surface area contributed by atoms with Gasteiger partial charge in [-0.25, -0.2) is 0 Å². The van der Waals surface area contributed by atoms with E-state index in [-0.39, 0.29) is 5.69 Å². The van der Waals surface area contributed by atoms with Gasteiger partial charge in [-0.05, 0) is 29.8 Å². The smallest absolute Gasteiger partial charge is 0.269 e. The molecule has 5 nitrogen and oxygen atoms in total. The number of para-hydroxylation sites is 1. The van der Waals surface area contributed by atoms with Crippen molar-refractivity contribution in [2.45, 2.75) is 0 Å². The third-order valence-corrected chi connectivity index (χ3v) is 3.84. The molecule has 0 spiro atoms. The Hall–Kier alpha value is -3.21. The van der Waals surface area contributed by atoms with Crippen LogP contribution >= 0.6 is 0 Å². The van der Waals surface area contributed by atoms with Crippen molar-refractivity contribution in [3.63, 3.8) is 0 Å². The maximum Gasteiger partial charge on any atom is 0.269 e. The van der Waals surface area contributed by atoms with E-state index >= 15 is 0 Å². The van der Waals surface area contributed by atoms with Crippen LogP contribution in [0.1, 0.15) is 11.3 Å². The molecular weight excluding hydrogens is 302 g/mol. The third-order valence-electron chi connectivity index (χ3n) is 3.84. The number of nitrogens with zero attached hydrogens (tertiary/aromatic N) is 3. The highest BCUT2D eigenvalue weighted by molar-refractivity contribution is 5.90. The first kappa shape index (κ1) is 15.7. The van der Waals surface area contributed by atoms with E-state index in [9.17, 15) is 10.1 Å². The minimum absolute atomic E-state index is 0.0981. The Morgan fingerprint density at radius 1 is 1.17 bits per heavy atom. The zero-order chi connectivity index (χ0) is 16.9. The molecule has 0 N–H and O–H groups in total. The number of nitro groups is 1. The number of nitro benzene ring substituents is 1. The molecule has 0 saturated carbocycles. The molecular formula is C19H17N3O2. The molecule has 1 heterocycles. The first-order chi connectivity index (χ1) is 11.6. The predicted octanol–water partition coefficient (Wildman–Crippen LogP) is 4.22. The molecule has 0 aliphatic heterocycles. The topological polar surface area (TPSA) is 60.4 Å². The van der Waals surface area contributed by atoms with Gasteiger partial charge in [0.25, 0.3) is 5.69 Å². The normalized spacial score (nSPS) is 11.7. The molecule has 120 valence electrons. The Morgan fingerprint density at radius 2 is 1.92 bits per heavy atom. The molecule has 0 bridgehead atoms. The fourth-order valence-corrected chi connectivity index (χ4v) is 2.54. The molecule has 24 heavy (non-hydrogen) atoms. The molecule has 3 aromatic rings. The van der Waals surface area contributed by atoms with Crippen LogP contribution in [0, 0.1) is 10.1 Å². The van der Waals surface area contributed by atoms with Crippen molar-refractivity contribution in [2.75, 3.05) is 6.54 Å². The largest absolute Gasteiger partial charge is 0.343 e. The summed E-state index contributed by atoms with van der Waals surface area (Å²) in [5.41, 5.74) is 3.25. The van der Waals surface area contributed by atoms with Crippen molar-refractivity contribution < 1.29 is 4.92 Å². The number of hydrogen-bond acceptors (Lipinski definition) is 3. The highest BCUT2D eigenvalue weighted by Gasteiger charge is 2.02. The summed E-state index contributed by atoms with van der Waals surface area (Å²) >= 11 is 0. The van der Waals surface area contributed by atoms with Gasteiger partial charge >= 0.3 is 0 Å². The number of rotatable bonds is 5. The molecule has 2 aromatic carbocycles. The molecule has 0 saturated heterocycles. The van der Waals surface area contributed by atoms with Gasteiger partial charge in [-0.2, -0.15) is 0 Å². The lowest BCUT2D eigenvalue weighted by Gasteiger charge is -1.98. The number of fused-ring (bicyclic) bond motifs is 1. The second-order valence-electron chi connectivity index (χ2n) is 5.43. The molecule has 0 unspecified atom stereocenters. The number of aromatic nitrogens is 1. The van der Waals surface area contributed by atoms with E-state index in [1.165, 1.54) is 23.0 Å². The van der Waals surface area contributed by atoms with E-state index < -0.39 is 4.92 Å². The first-order valence-electron chi connectivity index (χ1n) is 7.60. The Bertz CT molecular complexity index is 921. The second kappa shape index (κ2) is 6.91. The average molecular weight is 319 g/mol. The maximum atomic E-state index is 10.6. The van der Waals surface area contributed by atoms with Crippen molar-refractivity contribution in [3.8, 4) is 0 Å². The van der Waals surface area contributed by atoms with Crippen molar-refractivity contribution in [1.29, 1.82) is 0 Å². The summed E-state index contributed by atoms with van der Waals surface area (Å²) in [5, 5.41) is 11.8. The summed E-state index contributed by atoms with van der Waals surface area (Å²) in [6, 6.07) is 16.8. The van der Waals surface area contributed by atoms with Crippen LogP contribution < -0.4 is 0 Å². The standard InChI is InChI=1S/C19H17N3O2/c1-21-18(13-16-6-2-3-7-19(16)21)14-20-12-4-5-15-8-10-17(11-9-15)22(23)24/h2-11,13-14H,12H2,1H3/b5-4+,20-14?. The minimum Gasteiger partial charge on any atom is -0.343 e. The van der Waals surface area contributed by atoms with Crippen molar-refractivity contribution in [3.05, 3.63) is 82.0 Å². The molecule has 0 atom stereocenters. The van der Waals surface area contributed by atoms with Gasteiger partial charge in [-0.1, -0.05) is 30.4 Å². The monoisotopic (exact) mass is 319 g/mol. The molecule has 0 radical (unpaired) electrons. The Labute approximate surface area is 139 Å². The van der Waals surface area contributed by atoms with Gasteiger partial charge in [0.1, 0.15) is 0 Å². The van der Waals surface area contributed by atoms with Crippen molar-refractivity contribution in [1.82, 2.24) is 4.57 Å². The lowest BCUT2D eigenvalue weighted by atomic mass is 10.2. The van der Waals surface area contributed by atoms with Crippen molar-refractivity contribution >= 4 is 28.9 Å². The van der Waals surface area contributed by atoms with E-state index in [0.717, 1.165) is 11.3 Å². The van der Waals surface area contributed by atoms with Gasteiger partial charge in [0.2, 0.25) is 0 Å². The van der Waals surface area contributed by atoms with Gasteiger partial charge in [0, 0.05) is 36.3 Å². The minimum atomic E-state index is -0.401. The molecule has 1 aromatic heterocycles. The Balaban J connectivity index is 1.63. The summed E-state index contributed by atoms with van der Waals surface area (Å²) in [7, 11) is 2.02. The number of benzene rings is 2. The molecule has 5 heteroatoms. The summed E-state index contributed by atoms with van der Waals surface area (Å²) in [6.07, 6.45) is 5.70. The number of aliphatic imine (C=N–C) groups is 1. The molecule has 0 amide bonds. The lowest BCUT2D eigenvalue weighted by Crippen LogP contribution is -1.94. The number of aryl methyl sites for hydroxylation is 1. The first-order valence-corrected chi connectivity index (χ1v) is 7.60. The lowest BCUT2D eigenvalue weighted by molar-refractivity contribution is -0.384. The quantitative estimate of drug-likeness (QED) is 0.401. The zero-order valence-electron chi connectivity index (χ0n) is 13.3. The van der Waals surface area contributed by atoms with Crippen LogP contribution in [0.3, 0.4) is 0 Å². The summed E-state index contributed by atoms with van der Waals surface area (Å²) < 4.78 is 2.11. The SMILES string of the molecule is Cn1c(C=NC/C=C/c2ccc([N+](=O)[O-])cc2)cc2ccccc21. The molecule has 0 aliphatic carbocycles. The van der Waals surface area contributed by atoms with Gasteiger partial charge in [0.05, 0.1) is 17.2 Å². The summed E-state index contributed by atoms with van der Waals surface area (Å²) in [4.78, 5) is 14.6. The third kappa shape index (κ3) is 3.41. The maximum absolute atomic E-state index is 10.6. The van der Waals surface area contributed by atoms with Crippen LogP contribution in [0.15, 0.2) is 65.7 Å². The number of hydrogen-bond donors (Lipinski definition) is 0. The van der Waals surface area contributed by atoms with Gasteiger partial charge in [-0.15, -0.1) is 0 Å². The van der Waals surface area contributed by atoms with Gasteiger partial charge < -0.3 is 4.57 Å². The number of non-ortho nitro benzene ring substituents is 1. The fourth-order valence-electron chi connectivity index (χ4n) is 2.54. The van der Waals surface area contributed by atoms with Crippen LogP contribution in [-0.4, -0.2) is 22.2 Å². The van der Waals surface area contributed by atoms with E-state index in [0.29, 0.717) is 6.54 Å². The van der Waals surface area contributed by atoms with Crippen LogP contribution in [0.25, 0.3) is 17.0 Å². The predicted molar refractivity (Wildman–Crippen MR) is 97.5 cm³/mol. The zero-order valence-corrected chi connectivity index (χ0v) is 13.3. The van der Waals surface area contributed by atoms with Crippen LogP contribution in [0.5, 0.6) is 0 Å². The Kier molecular flexibility index (Phi) is 4.52. The van der Waals surface area contributed by atoms with Crippen molar-refractivity contribution in [2.24, 2.45) is 12.0 Å². The highest BCUT2D eigenvalue weighted by atomic mass is 16.6. The average Bonchev–Trinajstić information content (AvgIpc) is 2.91. The van der Waals surface area contributed by atoms with E-state index in [2.05, 4.69) is 27.8 Å². The van der Waals surface area contributed by atoms with Crippen LogP contribution in [0.4, 0.5) is 5.69 Å². The van der Waals surface area contributed by atoms with Gasteiger partial charge in [0.15, 0.2) is 0 Å². The second-order valence-corrected chi connectivity index (χ2v) is 5.43. The molecule has 0 fully saturated rings. The molecule has 3 rings (SSSR count). The highest BCUT2D eigenvalue weighted by Crippen LogP contribution is 2.17. The summed E-state index contributed by atoms with van der Waals surface area (Å²) in [5.74, 6) is 0. The van der Waals surface area contributed by atoms with Crippen LogP contribution in [0.2, 0.25) is 0 Å². The van der Waals surface area contributed by atoms with E-state index in [1.54, 1.807) is 12.1 Å². The van der Waals surface area contributed by atoms with E-state index in [1.807, 2.05) is 37.5 Å². The molecule has 0 aliphatic rings. The van der Waals surface area contributed by atoms with Crippen LogP contribution in [-0.2, 0) is 7.05 Å². The Morgan fingerprint density at radius 3 is 2.62 bits per heavy atom.